The number of carbonyl (C=O) groups excluding carboxylic acids is 1. The first-order chi connectivity index (χ1) is 17.4. The maximum Gasteiger partial charge on any atom is 0.317 e. The summed E-state index contributed by atoms with van der Waals surface area (Å²) in [5.74, 6) is 2.74. The summed E-state index contributed by atoms with van der Waals surface area (Å²) in [6.45, 7) is 0. The summed E-state index contributed by atoms with van der Waals surface area (Å²) in [5.41, 5.74) is 1.94. The van der Waals surface area contributed by atoms with Crippen LogP contribution in [0.5, 0.6) is 11.5 Å². The third-order valence-electron chi connectivity index (χ3n) is 8.36. The first-order valence-corrected chi connectivity index (χ1v) is 14.0. The number of benzene rings is 2. The molecule has 0 amide bonds. The van der Waals surface area contributed by atoms with Gasteiger partial charge in [-0.1, -0.05) is 23.5 Å². The Balaban J connectivity index is 1.23. The molecular weight excluding hydrogens is 540 g/mol. The van der Waals surface area contributed by atoms with E-state index in [2.05, 4.69) is 20.9 Å². The van der Waals surface area contributed by atoms with E-state index in [1.54, 1.807) is 11.5 Å². The Kier molecular flexibility index (Phi) is 5.09. The third kappa shape index (κ3) is 3.44. The van der Waals surface area contributed by atoms with E-state index < -0.39 is 0 Å². The van der Waals surface area contributed by atoms with E-state index in [0.29, 0.717) is 43.2 Å². The van der Waals surface area contributed by atoms with Gasteiger partial charge in [0.2, 0.25) is 0 Å². The molecule has 8 heteroatoms. The van der Waals surface area contributed by atoms with E-state index in [1.165, 1.54) is 30.6 Å². The molecule has 184 valence electrons. The predicted octanol–water partition coefficient (Wildman–Crippen LogP) is 5.35. The normalized spacial score (nSPS) is 27.3. The van der Waals surface area contributed by atoms with E-state index in [0.717, 1.165) is 35.9 Å². The highest BCUT2D eigenvalue weighted by Crippen LogP contribution is 2.60. The zero-order valence-corrected chi connectivity index (χ0v) is 22.2. The Morgan fingerprint density at radius 3 is 2.53 bits per heavy atom. The Morgan fingerprint density at radius 1 is 1.14 bits per heavy atom. The minimum absolute atomic E-state index is 0.101. The average Bonchev–Trinajstić information content (AvgIpc) is 3.35. The molecule has 0 aliphatic heterocycles. The zero-order valence-electron chi connectivity index (χ0n) is 19.8. The van der Waals surface area contributed by atoms with Crippen molar-refractivity contribution in [2.45, 2.75) is 38.5 Å². The number of hydrogen-bond donors (Lipinski definition) is 0. The van der Waals surface area contributed by atoms with Gasteiger partial charge < -0.3 is 9.47 Å². The number of imidazole rings is 1. The van der Waals surface area contributed by atoms with Crippen LogP contribution in [-0.2, 0) is 4.79 Å². The van der Waals surface area contributed by atoms with Crippen molar-refractivity contribution in [2.75, 3.05) is 7.11 Å². The molecule has 4 aliphatic rings. The molecule has 0 unspecified atom stereocenters. The smallest absolute Gasteiger partial charge is 0.317 e. The minimum Gasteiger partial charge on any atom is -0.493 e. The fraction of sp³-hybridized carbons (Fsp3) is 0.393. The van der Waals surface area contributed by atoms with Crippen molar-refractivity contribution in [3.63, 3.8) is 0 Å². The van der Waals surface area contributed by atoms with Crippen molar-refractivity contribution < 1.29 is 14.3 Å². The molecule has 6 nitrogen and oxygen atoms in total. The highest BCUT2D eigenvalue weighted by molar-refractivity contribution is 9.10. The van der Waals surface area contributed by atoms with Crippen LogP contribution in [0.3, 0.4) is 0 Å². The molecule has 4 aromatic rings. The van der Waals surface area contributed by atoms with Gasteiger partial charge in [0, 0.05) is 0 Å². The molecule has 0 saturated heterocycles. The number of aromatic nitrogens is 2. The summed E-state index contributed by atoms with van der Waals surface area (Å²) < 4.78 is 14.6. The number of para-hydroxylation sites is 2. The molecule has 4 fully saturated rings. The lowest BCUT2D eigenvalue weighted by atomic mass is 9.49. The number of carbonyl (C=O) groups is 1. The fourth-order valence-corrected chi connectivity index (χ4v) is 8.77. The average molecular weight is 565 g/mol. The molecule has 4 bridgehead atoms. The minimum atomic E-state index is -0.351. The Labute approximate surface area is 220 Å². The van der Waals surface area contributed by atoms with Gasteiger partial charge >= 0.3 is 5.97 Å². The van der Waals surface area contributed by atoms with Gasteiger partial charge in [-0.2, -0.15) is 0 Å². The van der Waals surface area contributed by atoms with Crippen molar-refractivity contribution >= 4 is 55.3 Å². The first kappa shape index (κ1) is 22.5. The van der Waals surface area contributed by atoms with E-state index >= 15 is 0 Å². The summed E-state index contributed by atoms with van der Waals surface area (Å²) in [6, 6.07) is 11.3. The first-order valence-electron chi connectivity index (χ1n) is 12.4. The van der Waals surface area contributed by atoms with Crippen LogP contribution < -0.4 is 19.6 Å². The van der Waals surface area contributed by atoms with Crippen LogP contribution in [0.25, 0.3) is 22.1 Å². The molecule has 0 spiro atoms. The van der Waals surface area contributed by atoms with Gasteiger partial charge in [0.15, 0.2) is 16.5 Å². The lowest BCUT2D eigenvalue weighted by Crippen LogP contribution is -2.51. The summed E-state index contributed by atoms with van der Waals surface area (Å²) in [7, 11) is 1.57. The second kappa shape index (κ2) is 8.15. The van der Waals surface area contributed by atoms with Crippen LogP contribution >= 0.6 is 27.3 Å². The van der Waals surface area contributed by atoms with E-state index in [-0.39, 0.29) is 16.9 Å². The number of esters is 1. The molecule has 2 aromatic carbocycles. The van der Waals surface area contributed by atoms with Crippen LogP contribution in [-0.4, -0.2) is 22.5 Å². The number of halogens is 1. The lowest BCUT2D eigenvalue weighted by Gasteiger charge is -2.55. The predicted molar refractivity (Wildman–Crippen MR) is 143 cm³/mol. The molecule has 0 N–H and O–H groups in total. The van der Waals surface area contributed by atoms with Crippen molar-refractivity contribution in [2.24, 2.45) is 23.2 Å². The number of fused-ring (bicyclic) bond motifs is 3. The summed E-state index contributed by atoms with van der Waals surface area (Å²) in [5, 5.41) is 0. The Morgan fingerprint density at radius 2 is 1.83 bits per heavy atom. The van der Waals surface area contributed by atoms with Crippen LogP contribution in [0.1, 0.15) is 44.1 Å². The molecule has 2 heterocycles. The Bertz CT molecular complexity index is 1620. The highest BCUT2D eigenvalue weighted by Gasteiger charge is 2.55. The van der Waals surface area contributed by atoms with E-state index in [9.17, 15) is 9.59 Å². The van der Waals surface area contributed by atoms with Gasteiger partial charge in [0.05, 0.1) is 32.6 Å². The second-order valence-electron chi connectivity index (χ2n) is 10.8. The number of rotatable bonds is 4. The second-order valence-corrected chi connectivity index (χ2v) is 12.6. The quantitative estimate of drug-likeness (QED) is 0.247. The van der Waals surface area contributed by atoms with Crippen LogP contribution in [0.15, 0.2) is 45.7 Å². The number of hydrogen-bond acceptors (Lipinski definition) is 6. The maximum absolute atomic E-state index is 13.5. The van der Waals surface area contributed by atoms with E-state index in [1.807, 2.05) is 42.5 Å². The van der Waals surface area contributed by atoms with Crippen molar-refractivity contribution in [1.82, 2.24) is 9.38 Å². The van der Waals surface area contributed by atoms with Crippen molar-refractivity contribution in [3.05, 3.63) is 61.3 Å². The largest absolute Gasteiger partial charge is 0.493 e. The number of methoxy groups -OCH3 is 1. The van der Waals surface area contributed by atoms with Gasteiger partial charge in [0.25, 0.3) is 5.56 Å². The zero-order chi connectivity index (χ0) is 24.6. The topological polar surface area (TPSA) is 69.9 Å². The van der Waals surface area contributed by atoms with Crippen LogP contribution in [0.4, 0.5) is 0 Å². The van der Waals surface area contributed by atoms with Gasteiger partial charge in [0.1, 0.15) is 0 Å². The molecule has 8 rings (SSSR count). The van der Waals surface area contributed by atoms with Crippen LogP contribution in [0.2, 0.25) is 0 Å². The van der Waals surface area contributed by atoms with Crippen molar-refractivity contribution in [1.29, 1.82) is 0 Å². The van der Waals surface area contributed by atoms with Gasteiger partial charge in [-0.3, -0.25) is 9.59 Å². The Hall–Kier alpha value is -2.71. The van der Waals surface area contributed by atoms with Gasteiger partial charge in [-0.05, 0) is 108 Å². The molecule has 0 radical (unpaired) electrons. The summed E-state index contributed by atoms with van der Waals surface area (Å²) in [4.78, 5) is 31.9. The van der Waals surface area contributed by atoms with Gasteiger partial charge in [-0.15, -0.1) is 0 Å². The molecule has 0 atom stereocenters. The highest BCUT2D eigenvalue weighted by atomic mass is 79.9. The maximum atomic E-state index is 13.5. The number of ether oxygens (including phenoxy) is 2. The third-order valence-corrected chi connectivity index (χ3v) is 9.92. The standard InChI is InChI=1S/C28H25BrN2O4S/c1-34-22-10-15(11-23-25(32)31-21-5-3-2-4-20(21)30-27(31)36-23)9-19(29)24(22)35-26(33)28-12-16-6-17(13-28)8-18(7-16)14-28/h2-5,9-11,16-18H,6-8,12-14H2,1H3/b23-11-. The lowest BCUT2D eigenvalue weighted by molar-refractivity contribution is -0.161. The number of thiazole rings is 1. The fourth-order valence-electron chi connectivity index (χ4n) is 7.25. The molecular formula is C28H25BrN2O4S. The SMILES string of the molecule is COc1cc(/C=c2\sc3nc4ccccc4n3c2=O)cc(Br)c1OC(=O)C12CC3CC(CC(C3)C1)C2. The summed E-state index contributed by atoms with van der Waals surface area (Å²) >= 11 is 4.95. The monoisotopic (exact) mass is 564 g/mol. The molecule has 4 saturated carbocycles. The molecule has 2 aromatic heterocycles. The van der Waals surface area contributed by atoms with Crippen molar-refractivity contribution in [3.8, 4) is 11.5 Å². The summed E-state index contributed by atoms with van der Waals surface area (Å²) in [6.07, 6.45) is 8.49. The molecule has 4 aliphatic carbocycles. The van der Waals surface area contributed by atoms with Gasteiger partial charge in [-0.25, -0.2) is 9.38 Å². The van der Waals surface area contributed by atoms with Crippen LogP contribution in [0, 0.1) is 23.2 Å². The number of nitrogens with zero attached hydrogens (tertiary/aromatic N) is 2. The van der Waals surface area contributed by atoms with E-state index in [4.69, 9.17) is 9.47 Å². The molecule has 36 heavy (non-hydrogen) atoms.